The molecule has 1 unspecified atom stereocenters. The van der Waals surface area contributed by atoms with Gasteiger partial charge in [-0.15, -0.1) is 0 Å². The number of hydrogen-bond acceptors (Lipinski definition) is 6. The van der Waals surface area contributed by atoms with Crippen molar-refractivity contribution in [3.8, 4) is 0 Å². The van der Waals surface area contributed by atoms with Crippen LogP contribution in [0.1, 0.15) is 207 Å². The molecule has 1 atom stereocenters. The smallest absolute Gasteiger partial charge is 0.306 e. The predicted molar refractivity (Wildman–Crippen MR) is 292 cm³/mol. The minimum Gasteiger partial charge on any atom is -0.462 e. The molecule has 380 valence electrons. The van der Waals surface area contributed by atoms with E-state index < -0.39 is 6.10 Å². The lowest BCUT2D eigenvalue weighted by atomic mass is 10.1. The van der Waals surface area contributed by atoms with E-state index in [4.69, 9.17) is 14.2 Å². The van der Waals surface area contributed by atoms with E-state index in [0.29, 0.717) is 19.3 Å². The van der Waals surface area contributed by atoms with Crippen LogP contribution in [-0.4, -0.2) is 37.2 Å². The van der Waals surface area contributed by atoms with Crippen LogP contribution in [0.3, 0.4) is 0 Å². The maximum atomic E-state index is 12.8. The van der Waals surface area contributed by atoms with Crippen molar-refractivity contribution in [1.29, 1.82) is 0 Å². The van der Waals surface area contributed by atoms with Gasteiger partial charge in [0, 0.05) is 19.3 Å². The second kappa shape index (κ2) is 54.9. The van der Waals surface area contributed by atoms with Crippen LogP contribution in [0.15, 0.2) is 146 Å². The Morgan fingerprint density at radius 1 is 0.309 bits per heavy atom. The molecule has 0 aromatic rings. The molecule has 0 fully saturated rings. The highest BCUT2D eigenvalue weighted by Crippen LogP contribution is 2.11. The van der Waals surface area contributed by atoms with Gasteiger partial charge in [-0.2, -0.15) is 0 Å². The lowest BCUT2D eigenvalue weighted by Gasteiger charge is -2.18. The maximum Gasteiger partial charge on any atom is 0.306 e. The number of allylic oxidation sites excluding steroid dienone is 24. The minimum absolute atomic E-state index is 0.110. The summed E-state index contributed by atoms with van der Waals surface area (Å²) >= 11 is 0. The first-order chi connectivity index (χ1) is 33.5. The summed E-state index contributed by atoms with van der Waals surface area (Å²) in [4.78, 5) is 37.8. The zero-order valence-electron chi connectivity index (χ0n) is 43.3. The van der Waals surface area contributed by atoms with E-state index >= 15 is 0 Å². The molecule has 0 heterocycles. The van der Waals surface area contributed by atoms with Crippen LogP contribution in [0.4, 0.5) is 0 Å². The van der Waals surface area contributed by atoms with Crippen LogP contribution in [0.2, 0.25) is 0 Å². The Hall–Kier alpha value is -4.71. The maximum absolute atomic E-state index is 12.8. The number of carbonyl (C=O) groups excluding carboxylic acids is 3. The Balaban J connectivity index is 4.37. The Kier molecular flexibility index (Phi) is 51.1. The molecule has 0 N–H and O–H groups in total. The Labute approximate surface area is 417 Å². The molecule has 6 heteroatoms. The third-order valence-electron chi connectivity index (χ3n) is 10.6. The van der Waals surface area contributed by atoms with Gasteiger partial charge >= 0.3 is 17.9 Å². The van der Waals surface area contributed by atoms with Gasteiger partial charge in [0.2, 0.25) is 0 Å². The molecule has 0 spiro atoms. The Bertz CT molecular complexity index is 1540. The van der Waals surface area contributed by atoms with Gasteiger partial charge < -0.3 is 14.2 Å². The monoisotopic (exact) mass is 937 g/mol. The quantitative estimate of drug-likeness (QED) is 0.0262. The van der Waals surface area contributed by atoms with E-state index in [0.717, 1.165) is 141 Å². The molecule has 0 aromatic heterocycles. The lowest BCUT2D eigenvalue weighted by molar-refractivity contribution is -0.167. The van der Waals surface area contributed by atoms with Crippen molar-refractivity contribution in [1.82, 2.24) is 0 Å². The molecule has 0 saturated heterocycles. The summed E-state index contributed by atoms with van der Waals surface area (Å²) < 4.78 is 16.7. The predicted octanol–water partition coefficient (Wildman–Crippen LogP) is 18.0. The summed E-state index contributed by atoms with van der Waals surface area (Å²) in [6.07, 6.45) is 78.6. The van der Waals surface area contributed by atoms with Crippen molar-refractivity contribution < 1.29 is 28.6 Å². The van der Waals surface area contributed by atoms with Crippen molar-refractivity contribution >= 4 is 17.9 Å². The van der Waals surface area contributed by atoms with Gasteiger partial charge in [0.05, 0.1) is 0 Å². The second-order valence-electron chi connectivity index (χ2n) is 17.0. The molecule has 0 aliphatic rings. The van der Waals surface area contributed by atoms with E-state index in [9.17, 15) is 14.4 Å². The molecule has 0 saturated carbocycles. The van der Waals surface area contributed by atoms with Gasteiger partial charge in [0.1, 0.15) is 13.2 Å². The molecule has 0 rings (SSSR count). The average Bonchev–Trinajstić information content (AvgIpc) is 3.34. The Morgan fingerprint density at radius 3 is 0.926 bits per heavy atom. The second-order valence-corrected chi connectivity index (χ2v) is 17.0. The number of carbonyl (C=O) groups is 3. The van der Waals surface area contributed by atoms with Gasteiger partial charge in [0.15, 0.2) is 6.10 Å². The van der Waals surface area contributed by atoms with E-state index in [1.165, 1.54) is 19.3 Å². The van der Waals surface area contributed by atoms with Crippen molar-refractivity contribution in [3.63, 3.8) is 0 Å². The van der Waals surface area contributed by atoms with Crippen LogP contribution < -0.4 is 0 Å². The van der Waals surface area contributed by atoms with Gasteiger partial charge in [-0.3, -0.25) is 14.4 Å². The number of esters is 3. The third kappa shape index (κ3) is 52.3. The standard InChI is InChI=1S/C62H96O6/c1-4-7-10-13-16-18-20-22-24-26-28-30-31-33-34-36-38-40-42-44-46-49-52-55-61(64)67-58-59(57-66-60(63)54-51-48-15-12-9-6-3)68-62(65)56-53-50-47-45-43-41-39-37-35-32-29-27-25-23-21-19-17-14-11-8-5-2/h7-8,10-11,16-19,22-25,28-30,32-34,37-40,43,45,59H,4-6,9,12-15,20-21,26-27,31,35-36,41-42,44,46-58H2,1-3H3/b10-7-,11-8-,18-16-,19-17-,24-22-,25-23-,30-28-,32-29-,34-33-,39-37-,40-38-,45-43-. The molecule has 0 aliphatic carbocycles. The zero-order chi connectivity index (χ0) is 49.3. The number of hydrogen-bond donors (Lipinski definition) is 0. The fraction of sp³-hybridized carbons (Fsp3) is 0.565. The largest absolute Gasteiger partial charge is 0.462 e. The summed E-state index contributed by atoms with van der Waals surface area (Å²) in [6, 6.07) is 0. The minimum atomic E-state index is -0.815. The van der Waals surface area contributed by atoms with Crippen LogP contribution in [0, 0.1) is 0 Å². The summed E-state index contributed by atoms with van der Waals surface area (Å²) in [5.41, 5.74) is 0. The Morgan fingerprint density at radius 2 is 0.574 bits per heavy atom. The van der Waals surface area contributed by atoms with Crippen molar-refractivity contribution in [2.24, 2.45) is 0 Å². The van der Waals surface area contributed by atoms with Crippen LogP contribution >= 0.6 is 0 Å². The van der Waals surface area contributed by atoms with E-state index in [2.05, 4.69) is 167 Å². The first-order valence-corrected chi connectivity index (χ1v) is 26.8. The van der Waals surface area contributed by atoms with E-state index in [1.54, 1.807) is 0 Å². The molecular formula is C62H96O6. The van der Waals surface area contributed by atoms with Crippen LogP contribution in [-0.2, 0) is 28.6 Å². The number of rotatable bonds is 46. The fourth-order valence-corrected chi connectivity index (χ4v) is 6.62. The topological polar surface area (TPSA) is 78.9 Å². The van der Waals surface area contributed by atoms with Gasteiger partial charge in [-0.05, 0) is 122 Å². The highest BCUT2D eigenvalue weighted by Gasteiger charge is 2.19. The number of unbranched alkanes of at least 4 members (excludes halogenated alkanes) is 11. The van der Waals surface area contributed by atoms with E-state index in [1.807, 2.05) is 0 Å². The highest BCUT2D eigenvalue weighted by atomic mass is 16.6. The molecule has 0 amide bonds. The molecule has 6 nitrogen and oxygen atoms in total. The van der Waals surface area contributed by atoms with Crippen LogP contribution in [0.25, 0.3) is 0 Å². The lowest BCUT2D eigenvalue weighted by Crippen LogP contribution is -2.30. The zero-order valence-corrected chi connectivity index (χ0v) is 43.3. The summed E-state index contributed by atoms with van der Waals surface area (Å²) in [7, 11) is 0. The van der Waals surface area contributed by atoms with Crippen LogP contribution in [0.5, 0.6) is 0 Å². The molecule has 68 heavy (non-hydrogen) atoms. The summed E-state index contributed by atoms with van der Waals surface area (Å²) in [5, 5.41) is 0. The normalized spacial score (nSPS) is 13.3. The molecule has 0 aliphatic heterocycles. The van der Waals surface area contributed by atoms with Gasteiger partial charge in [-0.1, -0.05) is 212 Å². The van der Waals surface area contributed by atoms with Crippen molar-refractivity contribution in [3.05, 3.63) is 146 Å². The molecule has 0 aromatic carbocycles. The van der Waals surface area contributed by atoms with E-state index in [-0.39, 0.29) is 37.5 Å². The summed E-state index contributed by atoms with van der Waals surface area (Å²) in [5.74, 6) is -1.00. The first kappa shape index (κ1) is 63.3. The highest BCUT2D eigenvalue weighted by molar-refractivity contribution is 5.71. The van der Waals surface area contributed by atoms with Crippen molar-refractivity contribution in [2.45, 2.75) is 213 Å². The first-order valence-electron chi connectivity index (χ1n) is 26.8. The van der Waals surface area contributed by atoms with Crippen molar-refractivity contribution in [2.75, 3.05) is 13.2 Å². The molecular weight excluding hydrogens is 841 g/mol. The fourth-order valence-electron chi connectivity index (χ4n) is 6.62. The SMILES string of the molecule is CC/C=C\C/C=C\C/C=C\C/C=C\C/C=C\C/C=C\CCCCCCC(=O)OCC(COC(=O)CCCCCCCC)OC(=O)CCCC/C=C\C/C=C\C/C=C\C/C=C\C/C=C\C/C=C\CC. The molecule has 0 bridgehead atoms. The number of ether oxygens (including phenoxy) is 3. The summed E-state index contributed by atoms with van der Waals surface area (Å²) in [6.45, 7) is 6.26. The van der Waals surface area contributed by atoms with Gasteiger partial charge in [-0.25, -0.2) is 0 Å². The van der Waals surface area contributed by atoms with Gasteiger partial charge in [0.25, 0.3) is 0 Å². The third-order valence-corrected chi connectivity index (χ3v) is 10.6. The average molecular weight is 937 g/mol. The molecule has 0 radical (unpaired) electrons.